The number of unbranched alkanes of at least 4 members (excludes halogenated alkanes) is 27. The highest BCUT2D eigenvalue weighted by Gasteiger charge is 2.30. The summed E-state index contributed by atoms with van der Waals surface area (Å²) in [7, 11) is -9.88. The lowest BCUT2D eigenvalue weighted by Gasteiger charge is -2.21. The molecule has 81 heavy (non-hydrogen) atoms. The van der Waals surface area contributed by atoms with Crippen LogP contribution in [-0.2, 0) is 65.4 Å². The van der Waals surface area contributed by atoms with Gasteiger partial charge in [-0.3, -0.25) is 37.3 Å². The van der Waals surface area contributed by atoms with Crippen LogP contribution >= 0.6 is 15.6 Å². The Balaban J connectivity index is 5.23. The molecule has 17 nitrogen and oxygen atoms in total. The van der Waals surface area contributed by atoms with E-state index in [2.05, 4.69) is 48.5 Å². The molecule has 6 atom stereocenters. The highest BCUT2D eigenvalue weighted by atomic mass is 31.2. The third-order valence-electron chi connectivity index (χ3n) is 14.5. The molecule has 0 radical (unpaired) electrons. The fourth-order valence-corrected chi connectivity index (χ4v) is 10.7. The van der Waals surface area contributed by atoms with Gasteiger partial charge in [-0.25, -0.2) is 9.13 Å². The molecule has 0 aromatic carbocycles. The van der Waals surface area contributed by atoms with Crippen molar-refractivity contribution in [2.24, 2.45) is 17.8 Å². The molecule has 3 N–H and O–H groups in total. The van der Waals surface area contributed by atoms with Gasteiger partial charge in [-0.15, -0.1) is 0 Å². The highest BCUT2D eigenvalue weighted by Crippen LogP contribution is 2.45. The predicted octanol–water partition coefficient (Wildman–Crippen LogP) is 16.7. The number of carbonyl (C=O) groups is 4. The van der Waals surface area contributed by atoms with Crippen molar-refractivity contribution in [3.8, 4) is 0 Å². The summed E-state index contributed by atoms with van der Waals surface area (Å²) in [5, 5.41) is 10.5. The molecule has 0 spiro atoms. The Morgan fingerprint density at radius 2 is 0.630 bits per heavy atom. The number of aliphatic hydroxyl groups excluding tert-OH is 1. The van der Waals surface area contributed by atoms with Crippen molar-refractivity contribution in [2.75, 3.05) is 39.6 Å². The molecule has 480 valence electrons. The molecule has 0 aliphatic carbocycles. The van der Waals surface area contributed by atoms with Crippen LogP contribution < -0.4 is 0 Å². The fourth-order valence-electron chi connectivity index (χ4n) is 9.09. The summed E-state index contributed by atoms with van der Waals surface area (Å²) in [5.74, 6) is 0.0534. The van der Waals surface area contributed by atoms with Gasteiger partial charge in [-0.2, -0.15) is 0 Å². The van der Waals surface area contributed by atoms with Gasteiger partial charge in [0.1, 0.15) is 19.3 Å². The minimum absolute atomic E-state index is 0.102. The lowest BCUT2D eigenvalue weighted by Crippen LogP contribution is -2.30. The van der Waals surface area contributed by atoms with Crippen LogP contribution in [0.15, 0.2) is 0 Å². The first-order valence-electron chi connectivity index (χ1n) is 32.4. The summed E-state index contributed by atoms with van der Waals surface area (Å²) in [6.07, 6.45) is 33.6. The van der Waals surface area contributed by atoms with Crippen molar-refractivity contribution in [2.45, 2.75) is 317 Å². The molecule has 0 aromatic rings. The second kappa shape index (κ2) is 53.5. The molecule has 0 aromatic heterocycles. The number of ether oxygens (including phenoxy) is 4. The minimum Gasteiger partial charge on any atom is -0.462 e. The van der Waals surface area contributed by atoms with Crippen LogP contribution in [0.4, 0.5) is 0 Å². The first-order valence-corrected chi connectivity index (χ1v) is 35.4. The van der Waals surface area contributed by atoms with E-state index in [1.807, 2.05) is 0 Å². The smallest absolute Gasteiger partial charge is 0.462 e. The summed E-state index contributed by atoms with van der Waals surface area (Å²) < 4.78 is 67.8. The van der Waals surface area contributed by atoms with E-state index in [0.717, 1.165) is 120 Å². The molecular weight excluding hydrogens is 1080 g/mol. The zero-order chi connectivity index (χ0) is 60.3. The first-order chi connectivity index (χ1) is 38.8. The quantitative estimate of drug-likeness (QED) is 0.0222. The molecule has 0 aliphatic rings. The van der Waals surface area contributed by atoms with Crippen molar-refractivity contribution >= 4 is 39.5 Å². The molecule has 0 aliphatic heterocycles. The van der Waals surface area contributed by atoms with Gasteiger partial charge < -0.3 is 33.8 Å². The molecule has 3 unspecified atom stereocenters. The number of phosphoric acid groups is 2. The van der Waals surface area contributed by atoms with Crippen molar-refractivity contribution in [3.63, 3.8) is 0 Å². The van der Waals surface area contributed by atoms with Gasteiger partial charge in [0.2, 0.25) is 0 Å². The molecule has 0 amide bonds. The zero-order valence-corrected chi connectivity index (χ0v) is 54.0. The van der Waals surface area contributed by atoms with Gasteiger partial charge in [0, 0.05) is 25.7 Å². The lowest BCUT2D eigenvalue weighted by atomic mass is 10.00. The van der Waals surface area contributed by atoms with Crippen LogP contribution in [0.5, 0.6) is 0 Å². The van der Waals surface area contributed by atoms with Crippen molar-refractivity contribution in [3.05, 3.63) is 0 Å². The first kappa shape index (κ1) is 79.1. The zero-order valence-electron chi connectivity index (χ0n) is 52.2. The molecule has 0 bridgehead atoms. The van der Waals surface area contributed by atoms with Gasteiger partial charge in [-0.1, -0.05) is 248 Å². The molecule has 0 rings (SSSR count). The van der Waals surface area contributed by atoms with Crippen LogP contribution in [0.2, 0.25) is 0 Å². The maximum atomic E-state index is 13.0. The number of esters is 4. The molecule has 0 saturated heterocycles. The maximum Gasteiger partial charge on any atom is 0.472 e. The molecule has 0 saturated carbocycles. The summed E-state index contributed by atoms with van der Waals surface area (Å²) in [5.41, 5.74) is 0. The Labute approximate surface area is 492 Å². The average molecular weight is 1200 g/mol. The van der Waals surface area contributed by atoms with Crippen LogP contribution in [-0.4, -0.2) is 96.7 Å². The van der Waals surface area contributed by atoms with E-state index in [0.29, 0.717) is 25.7 Å². The predicted molar refractivity (Wildman–Crippen MR) is 321 cm³/mol. The normalized spacial score (nSPS) is 14.8. The van der Waals surface area contributed by atoms with E-state index < -0.39 is 97.5 Å². The van der Waals surface area contributed by atoms with E-state index in [4.69, 9.17) is 37.0 Å². The molecule has 0 fully saturated rings. The minimum atomic E-state index is -4.94. The van der Waals surface area contributed by atoms with Gasteiger partial charge in [0.25, 0.3) is 0 Å². The van der Waals surface area contributed by atoms with E-state index in [9.17, 15) is 43.2 Å². The SMILES string of the molecule is CCCCCCCCCC(=O)OC[C@H](COP(=O)(O)OC[C@H](O)COP(=O)(O)OC[C@@H](COC(=O)CCCCCCCCCCC(C)C)OC(=O)CCCCCCCCCCCCC(C)C)OC(=O)CCCCCCCCC(C)CC. The van der Waals surface area contributed by atoms with Crippen molar-refractivity contribution < 1.29 is 80.2 Å². The Morgan fingerprint density at radius 1 is 0.358 bits per heavy atom. The molecular formula is C62H120O17P2. The average Bonchev–Trinajstić information content (AvgIpc) is 3.42. The number of hydrogen-bond donors (Lipinski definition) is 3. The second-order valence-corrected chi connectivity index (χ2v) is 26.5. The van der Waals surface area contributed by atoms with Gasteiger partial charge in [-0.05, 0) is 43.4 Å². The van der Waals surface area contributed by atoms with E-state index in [1.165, 1.54) is 96.3 Å². The Kier molecular flexibility index (Phi) is 52.2. The summed E-state index contributed by atoms with van der Waals surface area (Å²) in [4.78, 5) is 72.0. The Morgan fingerprint density at radius 3 is 0.938 bits per heavy atom. The number of hydrogen-bond acceptors (Lipinski definition) is 15. The summed E-state index contributed by atoms with van der Waals surface area (Å²) in [6, 6.07) is 0. The Hall–Kier alpha value is -1.94. The standard InChI is InChI=1S/C62H120O17P2/c1-8-10-11-12-19-29-36-43-59(64)72-49-58(79-62(67)46-39-32-25-24-28-35-42-55(7)9-2)52-77-81(70,71)75-48-56(63)47-74-80(68,69)76-51-57(50-73-60(65)44-37-30-22-18-17-21-27-34-41-54(5)6)78-61(66)45-38-31-23-16-14-13-15-20-26-33-40-53(3)4/h53-58,63H,8-52H2,1-7H3,(H,68,69)(H,70,71)/t55?,56-,57-,58-/m1/s1. The van der Waals surface area contributed by atoms with Crippen LogP contribution in [0, 0.1) is 17.8 Å². The van der Waals surface area contributed by atoms with E-state index >= 15 is 0 Å². The lowest BCUT2D eigenvalue weighted by molar-refractivity contribution is -0.161. The number of carbonyl (C=O) groups excluding carboxylic acids is 4. The fraction of sp³-hybridized carbons (Fsp3) is 0.935. The molecule has 0 heterocycles. The highest BCUT2D eigenvalue weighted by molar-refractivity contribution is 7.47. The topological polar surface area (TPSA) is 237 Å². The van der Waals surface area contributed by atoms with Gasteiger partial charge in [0.15, 0.2) is 12.2 Å². The van der Waals surface area contributed by atoms with Gasteiger partial charge >= 0.3 is 39.5 Å². The number of aliphatic hydroxyl groups is 1. The van der Waals surface area contributed by atoms with Gasteiger partial charge in [0.05, 0.1) is 26.4 Å². The van der Waals surface area contributed by atoms with Crippen LogP contribution in [0.25, 0.3) is 0 Å². The number of phosphoric ester groups is 2. The monoisotopic (exact) mass is 1200 g/mol. The molecule has 19 heteroatoms. The summed E-state index contributed by atoms with van der Waals surface area (Å²) in [6.45, 7) is 11.6. The van der Waals surface area contributed by atoms with Crippen molar-refractivity contribution in [1.29, 1.82) is 0 Å². The summed E-state index contributed by atoms with van der Waals surface area (Å²) >= 11 is 0. The number of rotatable bonds is 60. The van der Waals surface area contributed by atoms with Crippen LogP contribution in [0.1, 0.15) is 299 Å². The third kappa shape index (κ3) is 55.7. The largest absolute Gasteiger partial charge is 0.472 e. The van der Waals surface area contributed by atoms with E-state index in [1.54, 1.807) is 0 Å². The van der Waals surface area contributed by atoms with Crippen LogP contribution in [0.3, 0.4) is 0 Å². The maximum absolute atomic E-state index is 13.0. The van der Waals surface area contributed by atoms with E-state index in [-0.39, 0.29) is 25.7 Å². The van der Waals surface area contributed by atoms with Crippen molar-refractivity contribution in [1.82, 2.24) is 0 Å². The third-order valence-corrected chi connectivity index (χ3v) is 16.4. The second-order valence-electron chi connectivity index (χ2n) is 23.6. The Bertz CT molecular complexity index is 1620.